The first-order valence-corrected chi connectivity index (χ1v) is 10.6. The first kappa shape index (κ1) is 21.6. The average Bonchev–Trinajstić information content (AvgIpc) is 3.16. The van der Waals surface area contributed by atoms with E-state index in [9.17, 15) is 13.2 Å². The van der Waals surface area contributed by atoms with E-state index in [4.69, 9.17) is 9.68 Å². The van der Waals surface area contributed by atoms with Crippen LogP contribution in [0.4, 0.5) is 5.69 Å². The lowest BCUT2D eigenvalue weighted by atomic mass is 10.3. The van der Waals surface area contributed by atoms with E-state index in [-0.39, 0.29) is 29.5 Å². The Balaban J connectivity index is 2.15. The van der Waals surface area contributed by atoms with Gasteiger partial charge >= 0.3 is 0 Å². The molecule has 1 aromatic carbocycles. The quantitative estimate of drug-likeness (QED) is 0.642. The van der Waals surface area contributed by atoms with Crippen LogP contribution < -0.4 is 5.32 Å². The van der Waals surface area contributed by atoms with Gasteiger partial charge in [-0.1, -0.05) is 23.4 Å². The van der Waals surface area contributed by atoms with Crippen molar-refractivity contribution in [2.75, 3.05) is 26.0 Å². The Labute approximate surface area is 161 Å². The summed E-state index contributed by atoms with van der Waals surface area (Å²) in [5.41, 5.74) is 0.526. The zero-order valence-corrected chi connectivity index (χ0v) is 17.2. The predicted octanol–water partition coefficient (Wildman–Crippen LogP) is 2.39. The predicted molar refractivity (Wildman–Crippen MR) is 102 cm³/mol. The molecule has 0 aliphatic heterocycles. The number of benzene rings is 1. The normalized spacial score (nSPS) is 15.5. The van der Waals surface area contributed by atoms with Gasteiger partial charge in [-0.3, -0.25) is 14.5 Å². The number of carbonyl (C=O) groups excluding carboxylic acids is 1. The Hall–Kier alpha value is -1.68. The number of nitrogens with zero attached hydrogens (tertiary/aromatic N) is 2. The molecule has 0 spiro atoms. The molecule has 0 heterocycles. The molecule has 9 heteroatoms. The summed E-state index contributed by atoms with van der Waals surface area (Å²) in [7, 11) is -0.914. The van der Waals surface area contributed by atoms with Crippen LogP contribution in [0, 0.1) is 0 Å². The lowest BCUT2D eigenvalue weighted by Gasteiger charge is -2.28. The van der Waals surface area contributed by atoms with Crippen LogP contribution in [0.1, 0.15) is 39.5 Å². The van der Waals surface area contributed by atoms with E-state index in [1.807, 2.05) is 0 Å². The number of hydroxylamine groups is 3. The maximum Gasteiger partial charge on any atom is 0.265 e. The van der Waals surface area contributed by atoms with Gasteiger partial charge in [0.25, 0.3) is 15.9 Å². The second kappa shape index (κ2) is 9.50. The minimum absolute atomic E-state index is 0.0136. The highest BCUT2D eigenvalue weighted by atomic mass is 32.2. The van der Waals surface area contributed by atoms with Crippen LogP contribution in [0.3, 0.4) is 0 Å². The molecule has 1 saturated carbocycles. The first-order chi connectivity index (χ1) is 12.8. The van der Waals surface area contributed by atoms with Gasteiger partial charge in [-0.25, -0.2) is 13.5 Å². The summed E-state index contributed by atoms with van der Waals surface area (Å²) in [5.74, 6) is -0.279. The molecule has 8 nitrogen and oxygen atoms in total. The maximum absolute atomic E-state index is 13.1. The van der Waals surface area contributed by atoms with Crippen LogP contribution in [0.25, 0.3) is 0 Å². The molecule has 1 amide bonds. The molecule has 152 valence electrons. The largest absolute Gasteiger partial charge is 0.376 e. The zero-order chi connectivity index (χ0) is 20.0. The highest BCUT2D eigenvalue weighted by Crippen LogP contribution is 2.27. The smallest absolute Gasteiger partial charge is 0.265 e. The van der Waals surface area contributed by atoms with Crippen LogP contribution in [0.15, 0.2) is 29.2 Å². The Morgan fingerprint density at radius 2 is 1.96 bits per heavy atom. The summed E-state index contributed by atoms with van der Waals surface area (Å²) in [6.07, 6.45) is 3.79. The van der Waals surface area contributed by atoms with Gasteiger partial charge in [-0.15, -0.1) is 0 Å². The lowest BCUT2D eigenvalue weighted by molar-refractivity contribution is -0.166. The van der Waals surface area contributed by atoms with Crippen LogP contribution in [0.5, 0.6) is 0 Å². The van der Waals surface area contributed by atoms with Crippen LogP contribution >= 0.6 is 0 Å². The average molecular weight is 400 g/mol. The number of carbonyl (C=O) groups is 1. The molecule has 27 heavy (non-hydrogen) atoms. The Kier molecular flexibility index (Phi) is 7.60. The van der Waals surface area contributed by atoms with E-state index in [2.05, 4.69) is 5.32 Å². The Morgan fingerprint density at radius 3 is 2.56 bits per heavy atom. The molecule has 1 aliphatic carbocycles. The van der Waals surface area contributed by atoms with Crippen molar-refractivity contribution in [1.82, 2.24) is 9.53 Å². The Morgan fingerprint density at radius 1 is 1.30 bits per heavy atom. The molecule has 0 radical (unpaired) electrons. The third-order valence-electron chi connectivity index (χ3n) is 4.41. The molecule has 1 fully saturated rings. The molecule has 0 bridgehead atoms. The number of sulfonamides is 1. The van der Waals surface area contributed by atoms with Crippen molar-refractivity contribution in [3.63, 3.8) is 0 Å². The number of nitrogens with one attached hydrogen (secondary N) is 1. The first-order valence-electron chi connectivity index (χ1n) is 9.11. The van der Waals surface area contributed by atoms with Gasteiger partial charge < -0.3 is 5.32 Å². The van der Waals surface area contributed by atoms with E-state index >= 15 is 0 Å². The highest BCUT2D eigenvalue weighted by Gasteiger charge is 2.32. The van der Waals surface area contributed by atoms with Crippen molar-refractivity contribution in [3.8, 4) is 0 Å². The summed E-state index contributed by atoms with van der Waals surface area (Å²) >= 11 is 0. The van der Waals surface area contributed by atoms with Crippen LogP contribution in [0.2, 0.25) is 0 Å². The van der Waals surface area contributed by atoms with Gasteiger partial charge in [0, 0.05) is 18.8 Å². The fourth-order valence-electron chi connectivity index (χ4n) is 2.86. The zero-order valence-electron chi connectivity index (χ0n) is 16.3. The molecule has 1 aliphatic rings. The topological polar surface area (TPSA) is 88.2 Å². The van der Waals surface area contributed by atoms with Crippen LogP contribution in [-0.4, -0.2) is 56.7 Å². The number of rotatable bonds is 9. The van der Waals surface area contributed by atoms with E-state index in [1.165, 1.54) is 26.3 Å². The van der Waals surface area contributed by atoms with Gasteiger partial charge in [0.05, 0.1) is 24.7 Å². The second-order valence-corrected chi connectivity index (χ2v) is 8.60. The number of anilines is 1. The monoisotopic (exact) mass is 399 g/mol. The lowest BCUT2D eigenvalue weighted by Crippen LogP contribution is -2.39. The molecular formula is C18H29N3O5S. The van der Waals surface area contributed by atoms with E-state index in [0.29, 0.717) is 5.69 Å². The van der Waals surface area contributed by atoms with Gasteiger partial charge in [0.15, 0.2) is 0 Å². The molecule has 0 unspecified atom stereocenters. The van der Waals surface area contributed by atoms with E-state index in [0.717, 1.165) is 35.2 Å². The van der Waals surface area contributed by atoms with Crippen molar-refractivity contribution in [2.45, 2.75) is 56.6 Å². The molecule has 1 N–H and O–H groups in total. The third-order valence-corrected chi connectivity index (χ3v) is 6.25. The second-order valence-electron chi connectivity index (χ2n) is 6.82. The number of amides is 1. The van der Waals surface area contributed by atoms with Crippen molar-refractivity contribution in [3.05, 3.63) is 24.3 Å². The standard InChI is InChI=1S/C18H29N3O5S/c1-14(2)21(26-16-9-5-6-10-16)27(23,24)17-11-7-8-15(12-17)19-13-18(22)20(3)25-4/h7-8,11-12,14,16,19H,5-6,9-10,13H2,1-4H3. The van der Waals surface area contributed by atoms with Crippen molar-refractivity contribution in [2.24, 2.45) is 0 Å². The molecule has 0 saturated heterocycles. The number of hydrogen-bond donors (Lipinski definition) is 1. The molecular weight excluding hydrogens is 370 g/mol. The van der Waals surface area contributed by atoms with E-state index in [1.54, 1.807) is 26.0 Å². The van der Waals surface area contributed by atoms with Crippen molar-refractivity contribution >= 4 is 21.6 Å². The molecule has 1 aromatic rings. The maximum atomic E-state index is 13.1. The summed E-state index contributed by atoms with van der Waals surface area (Å²) < 4.78 is 27.3. The van der Waals surface area contributed by atoms with Gasteiger partial charge in [-0.2, -0.15) is 0 Å². The third kappa shape index (κ3) is 5.65. The van der Waals surface area contributed by atoms with Gasteiger partial charge in [0.2, 0.25) is 0 Å². The fraction of sp³-hybridized carbons (Fsp3) is 0.611. The fourth-order valence-corrected chi connectivity index (χ4v) is 4.38. The summed E-state index contributed by atoms with van der Waals surface area (Å²) in [6.45, 7) is 3.56. The minimum atomic E-state index is -3.82. The summed E-state index contributed by atoms with van der Waals surface area (Å²) in [6, 6.07) is 6.04. The van der Waals surface area contributed by atoms with E-state index < -0.39 is 10.0 Å². The van der Waals surface area contributed by atoms with Gasteiger partial charge in [0.1, 0.15) is 0 Å². The molecule has 2 rings (SSSR count). The number of hydrogen-bond acceptors (Lipinski definition) is 6. The molecule has 0 atom stereocenters. The molecule has 0 aromatic heterocycles. The Bertz CT molecular complexity index is 732. The summed E-state index contributed by atoms with van der Waals surface area (Å²) in [4.78, 5) is 22.6. The van der Waals surface area contributed by atoms with Crippen molar-refractivity contribution < 1.29 is 22.9 Å². The van der Waals surface area contributed by atoms with Gasteiger partial charge in [-0.05, 0) is 44.9 Å². The minimum Gasteiger partial charge on any atom is -0.376 e. The summed E-state index contributed by atoms with van der Waals surface area (Å²) in [5, 5.41) is 4.02. The van der Waals surface area contributed by atoms with Crippen molar-refractivity contribution in [1.29, 1.82) is 0 Å². The SMILES string of the molecule is CON(C)C(=O)CNc1cccc(S(=O)(=O)N(OC2CCCC2)C(C)C)c1. The highest BCUT2D eigenvalue weighted by molar-refractivity contribution is 7.89. The number of likely N-dealkylation sites (N-methyl/N-ethyl adjacent to an activating group) is 1. The van der Waals surface area contributed by atoms with Crippen LogP contribution in [-0.2, 0) is 24.5 Å².